The summed E-state index contributed by atoms with van der Waals surface area (Å²) in [6, 6.07) is 4.94. The summed E-state index contributed by atoms with van der Waals surface area (Å²) < 4.78 is 6.18. The molecule has 1 unspecified atom stereocenters. The van der Waals surface area contributed by atoms with Crippen LogP contribution in [-0.2, 0) is 14.9 Å². The molecule has 0 aromatic heterocycles. The standard InChI is InChI=1S/C18H27Cl3NO3Si/c1-17(2,3)9-8-15(23)18(25-26(4)5,22-16(24)11-19)12-6-7-13(20)14(21)10-12/h6-7,10,15,23H,8-9,11H2,1-5H3,(H,22,24)/t15-,18?/m1/s1. The number of rotatable bonds is 8. The molecule has 1 aromatic rings. The summed E-state index contributed by atoms with van der Waals surface area (Å²) in [4.78, 5) is 12.2. The maximum atomic E-state index is 12.2. The highest BCUT2D eigenvalue weighted by atomic mass is 35.5. The predicted molar refractivity (Wildman–Crippen MR) is 110 cm³/mol. The van der Waals surface area contributed by atoms with Crippen molar-refractivity contribution in [3.63, 3.8) is 0 Å². The average Bonchev–Trinajstić information content (AvgIpc) is 2.53. The fourth-order valence-corrected chi connectivity index (χ4v) is 3.88. The number of hydrogen-bond acceptors (Lipinski definition) is 3. The van der Waals surface area contributed by atoms with Gasteiger partial charge in [0.2, 0.25) is 14.9 Å². The maximum Gasteiger partial charge on any atom is 0.237 e. The lowest BCUT2D eigenvalue weighted by atomic mass is 9.85. The van der Waals surface area contributed by atoms with Crippen molar-refractivity contribution in [3.8, 4) is 0 Å². The molecule has 0 aliphatic heterocycles. The molecular formula is C18H27Cl3NO3Si. The van der Waals surface area contributed by atoms with Crippen molar-refractivity contribution >= 4 is 49.8 Å². The zero-order chi connectivity index (χ0) is 20.1. The van der Waals surface area contributed by atoms with Gasteiger partial charge in [0, 0.05) is 5.56 Å². The van der Waals surface area contributed by atoms with Crippen molar-refractivity contribution in [1.82, 2.24) is 5.32 Å². The van der Waals surface area contributed by atoms with Crippen molar-refractivity contribution in [2.45, 2.75) is 58.5 Å². The van der Waals surface area contributed by atoms with Crippen LogP contribution in [0, 0.1) is 5.41 Å². The zero-order valence-corrected chi connectivity index (χ0v) is 19.1. The van der Waals surface area contributed by atoms with E-state index in [-0.39, 0.29) is 11.3 Å². The van der Waals surface area contributed by atoms with E-state index in [2.05, 4.69) is 26.1 Å². The maximum absolute atomic E-state index is 12.2. The Kier molecular flexibility index (Phi) is 8.91. The summed E-state index contributed by atoms with van der Waals surface area (Å²) >= 11 is 17.9. The van der Waals surface area contributed by atoms with Crippen molar-refractivity contribution in [2.24, 2.45) is 5.41 Å². The van der Waals surface area contributed by atoms with Gasteiger partial charge in [0.05, 0.1) is 10.0 Å². The molecule has 26 heavy (non-hydrogen) atoms. The number of alkyl halides is 1. The second kappa shape index (κ2) is 9.76. The van der Waals surface area contributed by atoms with Gasteiger partial charge in [-0.15, -0.1) is 11.6 Å². The van der Waals surface area contributed by atoms with Crippen molar-refractivity contribution in [2.75, 3.05) is 5.88 Å². The number of halogens is 3. The summed E-state index contributed by atoms with van der Waals surface area (Å²) in [7, 11) is -1.31. The predicted octanol–water partition coefficient (Wildman–Crippen LogP) is 4.96. The molecule has 1 rings (SSSR count). The van der Waals surface area contributed by atoms with E-state index in [1.165, 1.54) is 0 Å². The number of benzene rings is 1. The molecule has 0 aliphatic carbocycles. The Morgan fingerprint density at radius 3 is 2.35 bits per heavy atom. The largest absolute Gasteiger partial charge is 0.390 e. The van der Waals surface area contributed by atoms with Gasteiger partial charge < -0.3 is 14.8 Å². The van der Waals surface area contributed by atoms with Gasteiger partial charge in [-0.3, -0.25) is 4.79 Å². The summed E-state index contributed by atoms with van der Waals surface area (Å²) in [6.07, 6.45) is 0.194. The second-order valence-electron chi connectivity index (χ2n) is 7.67. The van der Waals surface area contributed by atoms with E-state index in [0.29, 0.717) is 22.0 Å². The van der Waals surface area contributed by atoms with Crippen LogP contribution in [0.5, 0.6) is 0 Å². The number of hydrogen-bond donors (Lipinski definition) is 2. The lowest BCUT2D eigenvalue weighted by Gasteiger charge is -2.41. The van der Waals surface area contributed by atoms with Crippen LogP contribution in [0.1, 0.15) is 39.2 Å². The highest BCUT2D eigenvalue weighted by Gasteiger charge is 2.43. The van der Waals surface area contributed by atoms with E-state index in [9.17, 15) is 9.90 Å². The molecule has 4 nitrogen and oxygen atoms in total. The first-order valence-corrected chi connectivity index (χ1v) is 12.1. The van der Waals surface area contributed by atoms with Crippen molar-refractivity contribution < 1.29 is 14.3 Å². The Balaban J connectivity index is 3.42. The van der Waals surface area contributed by atoms with Crippen LogP contribution in [0.25, 0.3) is 0 Å². The van der Waals surface area contributed by atoms with E-state index >= 15 is 0 Å². The van der Waals surface area contributed by atoms with Gasteiger partial charge in [-0.25, -0.2) is 0 Å². The summed E-state index contributed by atoms with van der Waals surface area (Å²) in [5.41, 5.74) is -0.867. The minimum absolute atomic E-state index is 0.0209. The molecule has 1 aromatic carbocycles. The quantitative estimate of drug-likeness (QED) is 0.342. The van der Waals surface area contributed by atoms with Crippen LogP contribution in [-0.4, -0.2) is 32.0 Å². The van der Waals surface area contributed by atoms with Gasteiger partial charge in [0.1, 0.15) is 12.0 Å². The van der Waals surface area contributed by atoms with E-state index in [1.807, 2.05) is 13.1 Å². The SMILES string of the molecule is C[Si](C)OC(NC(=O)CCl)(c1ccc(Cl)c(Cl)c1)[C@H](O)CCC(C)(C)C. The number of nitrogens with one attached hydrogen (secondary N) is 1. The van der Waals surface area contributed by atoms with Crippen LogP contribution in [0.15, 0.2) is 18.2 Å². The molecule has 8 heteroatoms. The monoisotopic (exact) mass is 438 g/mol. The molecule has 0 saturated carbocycles. The van der Waals surface area contributed by atoms with Gasteiger partial charge in [-0.1, -0.05) is 50.0 Å². The topological polar surface area (TPSA) is 58.6 Å². The Morgan fingerprint density at radius 1 is 1.27 bits per heavy atom. The number of aliphatic hydroxyl groups is 1. The smallest absolute Gasteiger partial charge is 0.237 e. The molecule has 1 amide bonds. The van der Waals surface area contributed by atoms with Crippen LogP contribution in [0.4, 0.5) is 0 Å². The van der Waals surface area contributed by atoms with Crippen LogP contribution in [0.2, 0.25) is 23.1 Å². The second-order valence-corrected chi connectivity index (χ2v) is 10.8. The zero-order valence-electron chi connectivity index (χ0n) is 15.8. The minimum atomic E-state index is -1.43. The van der Waals surface area contributed by atoms with E-state index in [0.717, 1.165) is 6.42 Å². The van der Waals surface area contributed by atoms with Gasteiger partial charge in [0.15, 0.2) is 5.72 Å². The van der Waals surface area contributed by atoms with Gasteiger partial charge in [-0.2, -0.15) is 0 Å². The van der Waals surface area contributed by atoms with Crippen LogP contribution < -0.4 is 5.32 Å². The van der Waals surface area contributed by atoms with Crippen molar-refractivity contribution in [1.29, 1.82) is 0 Å². The number of carbonyl (C=O) groups is 1. The molecule has 1 radical (unpaired) electrons. The first-order chi connectivity index (χ1) is 11.9. The third-order valence-corrected chi connectivity index (χ3v) is 5.51. The van der Waals surface area contributed by atoms with Crippen LogP contribution >= 0.6 is 34.8 Å². The number of carbonyl (C=O) groups excluding carboxylic acids is 1. The molecule has 0 aliphatic rings. The molecule has 0 bridgehead atoms. The fraction of sp³-hybridized carbons (Fsp3) is 0.611. The first kappa shape index (κ1) is 23.7. The van der Waals surface area contributed by atoms with E-state index in [4.69, 9.17) is 39.2 Å². The highest BCUT2D eigenvalue weighted by molar-refractivity contribution is 6.48. The molecule has 147 valence electrons. The van der Waals surface area contributed by atoms with Gasteiger partial charge in [-0.05, 0) is 43.5 Å². The fourth-order valence-electron chi connectivity index (χ4n) is 2.56. The van der Waals surface area contributed by atoms with Gasteiger partial charge >= 0.3 is 0 Å². The average molecular weight is 440 g/mol. The molecule has 2 N–H and O–H groups in total. The molecule has 0 saturated heterocycles. The Bertz CT molecular complexity index is 622. The summed E-state index contributed by atoms with van der Waals surface area (Å²) in [5, 5.41) is 14.6. The van der Waals surface area contributed by atoms with Gasteiger partial charge in [0.25, 0.3) is 0 Å². The minimum Gasteiger partial charge on any atom is -0.390 e. The number of amides is 1. The molecular weight excluding hydrogens is 413 g/mol. The molecule has 0 fully saturated rings. The lowest BCUT2D eigenvalue weighted by Crippen LogP contribution is -2.58. The highest BCUT2D eigenvalue weighted by Crippen LogP contribution is 2.36. The Labute approximate surface area is 172 Å². The van der Waals surface area contributed by atoms with E-state index < -0.39 is 26.8 Å². The lowest BCUT2D eigenvalue weighted by molar-refractivity contribution is -0.137. The molecule has 0 spiro atoms. The molecule has 2 atom stereocenters. The number of aliphatic hydroxyl groups excluding tert-OH is 1. The Morgan fingerprint density at radius 2 is 1.88 bits per heavy atom. The third-order valence-electron chi connectivity index (χ3n) is 3.80. The summed E-state index contributed by atoms with van der Waals surface area (Å²) in [6.45, 7) is 10.1. The third kappa shape index (κ3) is 6.70. The van der Waals surface area contributed by atoms with Crippen molar-refractivity contribution in [3.05, 3.63) is 33.8 Å². The summed E-state index contributed by atoms with van der Waals surface area (Å²) in [5.74, 6) is -0.677. The first-order valence-electron chi connectivity index (χ1n) is 8.41. The van der Waals surface area contributed by atoms with Crippen LogP contribution in [0.3, 0.4) is 0 Å². The normalized spacial score (nSPS) is 15.6. The van der Waals surface area contributed by atoms with E-state index in [1.54, 1.807) is 18.2 Å². The Hall–Kier alpha value is -0.303. The molecule has 0 heterocycles.